The Labute approximate surface area is 171 Å². The Morgan fingerprint density at radius 3 is 2.82 bits per heavy atom. The number of hydrogen-bond donors (Lipinski definition) is 1. The highest BCUT2D eigenvalue weighted by Crippen LogP contribution is 2.22. The van der Waals surface area contributed by atoms with Crippen LogP contribution in [0.3, 0.4) is 0 Å². The predicted octanol–water partition coefficient (Wildman–Crippen LogP) is 3.47. The Morgan fingerprint density at radius 2 is 2.11 bits per heavy atom. The summed E-state index contributed by atoms with van der Waals surface area (Å²) in [6.07, 6.45) is 3.59. The Morgan fingerprint density at radius 1 is 1.32 bits per heavy atom. The Hall–Kier alpha value is -2.15. The number of benzene rings is 1. The van der Waals surface area contributed by atoms with Crippen molar-refractivity contribution < 1.29 is 9.53 Å². The summed E-state index contributed by atoms with van der Waals surface area (Å²) in [7, 11) is 0. The van der Waals surface area contributed by atoms with E-state index in [1.807, 2.05) is 13.0 Å². The average Bonchev–Trinajstić information content (AvgIpc) is 3.13. The van der Waals surface area contributed by atoms with Crippen LogP contribution in [0.15, 0.2) is 29.3 Å². The first kappa shape index (κ1) is 20.6. The number of para-hydroxylation sites is 1. The van der Waals surface area contributed by atoms with Gasteiger partial charge in [-0.25, -0.2) is 4.98 Å². The molecular weight excluding hydrogens is 372 g/mol. The number of aromatic nitrogens is 1. The van der Waals surface area contributed by atoms with E-state index in [2.05, 4.69) is 35.3 Å². The summed E-state index contributed by atoms with van der Waals surface area (Å²) in [5.41, 5.74) is 1.09. The molecule has 1 N–H and O–H groups in total. The molecule has 0 atom stereocenters. The number of nitrogens with zero attached hydrogens (tertiary/aromatic N) is 3. The molecule has 1 aromatic heterocycles. The molecule has 0 amide bonds. The molecule has 0 saturated carbocycles. The molecule has 6 nitrogen and oxygen atoms in total. The summed E-state index contributed by atoms with van der Waals surface area (Å²) in [5.74, 6) is 0.923. The minimum absolute atomic E-state index is 0.0260. The molecule has 1 aliphatic heterocycles. The van der Waals surface area contributed by atoms with Crippen molar-refractivity contribution in [2.75, 3.05) is 32.8 Å². The van der Waals surface area contributed by atoms with Crippen LogP contribution in [0.4, 0.5) is 0 Å². The fourth-order valence-corrected chi connectivity index (χ4v) is 4.46. The lowest BCUT2D eigenvalue weighted by molar-refractivity contribution is -0.149. The van der Waals surface area contributed by atoms with Crippen molar-refractivity contribution in [3.8, 4) is 0 Å². The third-order valence-electron chi connectivity index (χ3n) is 4.90. The number of fused-ring (bicyclic) bond motifs is 1. The van der Waals surface area contributed by atoms with E-state index in [1.54, 1.807) is 11.3 Å². The maximum Gasteiger partial charge on any atom is 0.309 e. The number of rotatable bonds is 7. The van der Waals surface area contributed by atoms with Crippen molar-refractivity contribution in [2.45, 2.75) is 39.5 Å². The second-order valence-corrected chi connectivity index (χ2v) is 8.04. The predicted molar refractivity (Wildman–Crippen MR) is 115 cm³/mol. The molecule has 0 spiro atoms. The minimum Gasteiger partial charge on any atom is -0.466 e. The molecule has 0 unspecified atom stereocenters. The van der Waals surface area contributed by atoms with E-state index >= 15 is 0 Å². The molecule has 3 rings (SSSR count). The van der Waals surface area contributed by atoms with Crippen LogP contribution in [-0.2, 0) is 16.0 Å². The second kappa shape index (κ2) is 10.4. The number of carbonyl (C=O) groups excluding carboxylic acids is 1. The number of guanidine groups is 1. The molecule has 1 aromatic carbocycles. The van der Waals surface area contributed by atoms with Gasteiger partial charge in [-0.2, -0.15) is 0 Å². The average molecular weight is 403 g/mol. The van der Waals surface area contributed by atoms with Gasteiger partial charge in [0.1, 0.15) is 0 Å². The van der Waals surface area contributed by atoms with Gasteiger partial charge >= 0.3 is 5.97 Å². The summed E-state index contributed by atoms with van der Waals surface area (Å²) < 4.78 is 6.41. The van der Waals surface area contributed by atoms with Crippen molar-refractivity contribution in [1.29, 1.82) is 0 Å². The van der Waals surface area contributed by atoms with Gasteiger partial charge in [-0.15, -0.1) is 11.3 Å². The third kappa shape index (κ3) is 5.44. The van der Waals surface area contributed by atoms with Gasteiger partial charge in [-0.05, 0) is 45.2 Å². The van der Waals surface area contributed by atoms with Gasteiger partial charge in [0.05, 0.1) is 27.7 Å². The first-order valence-corrected chi connectivity index (χ1v) is 11.1. The molecule has 0 bridgehead atoms. The van der Waals surface area contributed by atoms with Crippen LogP contribution in [-0.4, -0.2) is 54.6 Å². The molecule has 2 aromatic rings. The van der Waals surface area contributed by atoms with Crippen LogP contribution in [0.25, 0.3) is 10.2 Å². The van der Waals surface area contributed by atoms with Crippen molar-refractivity contribution in [1.82, 2.24) is 15.2 Å². The second-order valence-electron chi connectivity index (χ2n) is 6.93. The van der Waals surface area contributed by atoms with Gasteiger partial charge in [-0.3, -0.25) is 9.79 Å². The zero-order valence-electron chi connectivity index (χ0n) is 16.8. The largest absolute Gasteiger partial charge is 0.466 e. The molecule has 152 valence electrons. The van der Waals surface area contributed by atoms with Gasteiger partial charge < -0.3 is 15.0 Å². The highest BCUT2D eigenvalue weighted by atomic mass is 32.1. The quantitative estimate of drug-likeness (QED) is 0.332. The fourth-order valence-electron chi connectivity index (χ4n) is 3.46. The van der Waals surface area contributed by atoms with Crippen LogP contribution >= 0.6 is 11.3 Å². The molecule has 1 aliphatic rings. The first-order valence-electron chi connectivity index (χ1n) is 10.3. The number of esters is 1. The van der Waals surface area contributed by atoms with Crippen LogP contribution in [0.5, 0.6) is 0 Å². The lowest BCUT2D eigenvalue weighted by Crippen LogP contribution is -2.46. The summed E-state index contributed by atoms with van der Waals surface area (Å²) in [6.45, 7) is 7.70. The molecule has 0 radical (unpaired) electrons. The van der Waals surface area contributed by atoms with E-state index in [9.17, 15) is 4.79 Å². The Kier molecular flexibility index (Phi) is 7.65. The van der Waals surface area contributed by atoms with Crippen LogP contribution in [0.2, 0.25) is 0 Å². The summed E-state index contributed by atoms with van der Waals surface area (Å²) >= 11 is 1.77. The van der Waals surface area contributed by atoms with Gasteiger partial charge in [0, 0.05) is 32.6 Å². The number of aliphatic imine (C=N–C) groups is 1. The SMILES string of the molecule is CCNC(=NCCCc1nc2ccccc2s1)N1CCC(C(=O)OCC)CC1. The molecule has 1 fully saturated rings. The van der Waals surface area contributed by atoms with Crippen LogP contribution in [0, 0.1) is 5.92 Å². The summed E-state index contributed by atoms with van der Waals surface area (Å²) in [4.78, 5) is 23.7. The van der Waals surface area contributed by atoms with E-state index in [0.717, 1.165) is 63.3 Å². The normalized spacial score (nSPS) is 15.8. The molecule has 2 heterocycles. The minimum atomic E-state index is -0.0556. The van der Waals surface area contributed by atoms with Crippen molar-refractivity contribution in [3.05, 3.63) is 29.3 Å². The van der Waals surface area contributed by atoms with Crippen LogP contribution in [0.1, 0.15) is 38.1 Å². The first-order chi connectivity index (χ1) is 13.7. The number of ether oxygens (including phenoxy) is 1. The Balaban J connectivity index is 1.49. The van der Waals surface area contributed by atoms with E-state index in [-0.39, 0.29) is 11.9 Å². The standard InChI is InChI=1S/C21H30N4O2S/c1-3-22-21(25-14-11-16(12-15-25)20(26)27-4-2)23-13-7-10-19-24-17-8-5-6-9-18(17)28-19/h5-6,8-9,16H,3-4,7,10-15H2,1-2H3,(H,22,23). The lowest BCUT2D eigenvalue weighted by atomic mass is 9.97. The van der Waals surface area contributed by atoms with E-state index in [1.165, 1.54) is 9.71 Å². The highest BCUT2D eigenvalue weighted by molar-refractivity contribution is 7.18. The zero-order chi connectivity index (χ0) is 19.8. The lowest BCUT2D eigenvalue weighted by Gasteiger charge is -2.33. The van der Waals surface area contributed by atoms with E-state index < -0.39 is 0 Å². The summed E-state index contributed by atoms with van der Waals surface area (Å²) in [5, 5.41) is 4.57. The number of carbonyl (C=O) groups is 1. The molecule has 0 aliphatic carbocycles. The number of hydrogen-bond acceptors (Lipinski definition) is 5. The van der Waals surface area contributed by atoms with Gasteiger partial charge in [0.2, 0.25) is 0 Å². The number of aryl methyl sites for hydroxylation is 1. The fraction of sp³-hybridized carbons (Fsp3) is 0.571. The Bertz CT molecular complexity index is 764. The van der Waals surface area contributed by atoms with Crippen molar-refractivity contribution >= 4 is 33.5 Å². The number of nitrogens with one attached hydrogen (secondary N) is 1. The molecule has 28 heavy (non-hydrogen) atoms. The van der Waals surface area contributed by atoms with Gasteiger partial charge in [0.15, 0.2) is 5.96 Å². The van der Waals surface area contributed by atoms with Crippen molar-refractivity contribution in [3.63, 3.8) is 0 Å². The molecule has 7 heteroatoms. The van der Waals surface area contributed by atoms with Gasteiger partial charge in [-0.1, -0.05) is 12.1 Å². The number of piperidine rings is 1. The monoisotopic (exact) mass is 402 g/mol. The van der Waals surface area contributed by atoms with Crippen LogP contribution < -0.4 is 5.32 Å². The maximum absolute atomic E-state index is 11.9. The van der Waals surface area contributed by atoms with E-state index in [0.29, 0.717) is 6.61 Å². The smallest absolute Gasteiger partial charge is 0.309 e. The topological polar surface area (TPSA) is 66.8 Å². The van der Waals surface area contributed by atoms with Gasteiger partial charge in [0.25, 0.3) is 0 Å². The van der Waals surface area contributed by atoms with E-state index in [4.69, 9.17) is 14.7 Å². The highest BCUT2D eigenvalue weighted by Gasteiger charge is 2.27. The third-order valence-corrected chi connectivity index (χ3v) is 5.99. The number of likely N-dealkylation sites (tertiary alicyclic amines) is 1. The summed E-state index contributed by atoms with van der Waals surface area (Å²) in [6, 6.07) is 8.28. The zero-order valence-corrected chi connectivity index (χ0v) is 17.6. The number of thiazole rings is 1. The maximum atomic E-state index is 11.9. The van der Waals surface area contributed by atoms with Crippen molar-refractivity contribution in [2.24, 2.45) is 10.9 Å². The molecular formula is C21H30N4O2S. The molecule has 1 saturated heterocycles.